The van der Waals surface area contributed by atoms with Crippen molar-refractivity contribution in [1.82, 2.24) is 15.3 Å². The number of nitrogens with zero attached hydrogens (tertiary/aromatic N) is 2. The van der Waals surface area contributed by atoms with Gasteiger partial charge in [0.2, 0.25) is 5.28 Å². The van der Waals surface area contributed by atoms with E-state index >= 15 is 0 Å². The van der Waals surface area contributed by atoms with Crippen molar-refractivity contribution < 1.29 is 14.3 Å². The van der Waals surface area contributed by atoms with E-state index in [0.717, 1.165) is 11.1 Å². The number of carbonyl (C=O) groups is 1. The summed E-state index contributed by atoms with van der Waals surface area (Å²) in [5, 5.41) is 2.63. The molecule has 0 spiro atoms. The van der Waals surface area contributed by atoms with Gasteiger partial charge in [-0.05, 0) is 35.4 Å². The van der Waals surface area contributed by atoms with E-state index < -0.39 is 6.09 Å². The lowest BCUT2D eigenvalue weighted by atomic mass is 10.1. The highest BCUT2D eigenvalue weighted by molar-refractivity contribution is 6.28. The lowest BCUT2D eigenvalue weighted by molar-refractivity contribution is 0.117. The van der Waals surface area contributed by atoms with Gasteiger partial charge in [0.05, 0.1) is 12.3 Å². The number of alkyl carbamates (subject to hydrolysis) is 1. The van der Waals surface area contributed by atoms with Gasteiger partial charge >= 0.3 is 6.09 Å². The van der Waals surface area contributed by atoms with Gasteiger partial charge < -0.3 is 14.8 Å². The van der Waals surface area contributed by atoms with Gasteiger partial charge in [0.1, 0.15) is 11.9 Å². The van der Waals surface area contributed by atoms with Crippen molar-refractivity contribution in [3.63, 3.8) is 0 Å². The van der Waals surface area contributed by atoms with E-state index in [-0.39, 0.29) is 18.0 Å². The molecule has 0 fully saturated rings. The Labute approximate surface area is 168 Å². The Hall–Kier alpha value is -3.12. The van der Waals surface area contributed by atoms with Gasteiger partial charge in [-0.15, -0.1) is 0 Å². The van der Waals surface area contributed by atoms with Crippen LogP contribution in [-0.4, -0.2) is 29.7 Å². The molecule has 144 valence electrons. The predicted octanol–water partition coefficient (Wildman–Crippen LogP) is 4.66. The van der Waals surface area contributed by atoms with Gasteiger partial charge in [-0.3, -0.25) is 0 Å². The minimum Gasteiger partial charge on any atom is -0.486 e. The van der Waals surface area contributed by atoms with Crippen LogP contribution in [0.1, 0.15) is 18.1 Å². The lowest BCUT2D eigenvalue weighted by Gasteiger charge is -2.20. The zero-order valence-corrected chi connectivity index (χ0v) is 16.1. The SMILES string of the molecule is CNC(=O)OCCC(Oc1cccc(-c2ccnc(Cl)n2)c1)c1ccccc1. The molecule has 7 heteroatoms. The molecule has 1 aromatic heterocycles. The normalized spacial score (nSPS) is 11.5. The summed E-state index contributed by atoms with van der Waals surface area (Å²) in [6.07, 6.45) is 1.40. The molecule has 1 heterocycles. The number of halogens is 1. The highest BCUT2D eigenvalue weighted by atomic mass is 35.5. The van der Waals surface area contributed by atoms with E-state index in [0.29, 0.717) is 17.9 Å². The van der Waals surface area contributed by atoms with Crippen LogP contribution in [0.3, 0.4) is 0 Å². The van der Waals surface area contributed by atoms with Gasteiger partial charge in [-0.1, -0.05) is 42.5 Å². The first-order valence-electron chi connectivity index (χ1n) is 8.81. The summed E-state index contributed by atoms with van der Waals surface area (Å²) >= 11 is 5.89. The Morgan fingerprint density at radius 1 is 1.14 bits per heavy atom. The maximum Gasteiger partial charge on any atom is 0.406 e. The van der Waals surface area contributed by atoms with Crippen molar-refractivity contribution >= 4 is 17.7 Å². The third kappa shape index (κ3) is 5.44. The molecule has 2 aromatic carbocycles. The quantitative estimate of drug-likeness (QED) is 0.587. The van der Waals surface area contributed by atoms with E-state index in [4.69, 9.17) is 21.1 Å². The Morgan fingerprint density at radius 2 is 1.96 bits per heavy atom. The van der Waals surface area contributed by atoms with E-state index in [2.05, 4.69) is 15.3 Å². The summed E-state index contributed by atoms with van der Waals surface area (Å²) in [4.78, 5) is 19.5. The maximum atomic E-state index is 11.3. The molecule has 0 saturated heterocycles. The third-order valence-corrected chi connectivity index (χ3v) is 4.21. The summed E-state index contributed by atoms with van der Waals surface area (Å²) in [5.41, 5.74) is 2.58. The molecule has 0 saturated carbocycles. The second kappa shape index (κ2) is 9.71. The molecule has 1 amide bonds. The first-order chi connectivity index (χ1) is 13.7. The van der Waals surface area contributed by atoms with Crippen LogP contribution in [0, 0.1) is 0 Å². The summed E-state index contributed by atoms with van der Waals surface area (Å²) in [6, 6.07) is 19.2. The average Bonchev–Trinajstić information content (AvgIpc) is 2.73. The molecule has 0 aliphatic heterocycles. The fourth-order valence-electron chi connectivity index (χ4n) is 2.68. The fourth-order valence-corrected chi connectivity index (χ4v) is 2.83. The zero-order valence-electron chi connectivity index (χ0n) is 15.3. The van der Waals surface area contributed by atoms with Crippen LogP contribution in [0.4, 0.5) is 4.79 Å². The second-order valence-corrected chi connectivity index (χ2v) is 6.27. The number of rotatable bonds is 7. The van der Waals surface area contributed by atoms with E-state index in [9.17, 15) is 4.79 Å². The number of benzene rings is 2. The molecular weight excluding hydrogens is 378 g/mol. The minimum absolute atomic E-state index is 0.192. The molecule has 6 nitrogen and oxygen atoms in total. The Morgan fingerprint density at radius 3 is 2.71 bits per heavy atom. The molecule has 0 radical (unpaired) electrons. The molecule has 1 N–H and O–H groups in total. The standard InChI is InChI=1S/C21H20ClN3O3/c1-23-21(26)27-13-11-19(15-6-3-2-4-7-15)28-17-9-5-8-16(14-17)18-10-12-24-20(22)25-18/h2-10,12,14,19H,11,13H2,1H3,(H,23,26). The summed E-state index contributed by atoms with van der Waals surface area (Å²) < 4.78 is 11.3. The smallest absolute Gasteiger partial charge is 0.406 e. The van der Waals surface area contributed by atoms with Gasteiger partial charge in [0.15, 0.2) is 0 Å². The van der Waals surface area contributed by atoms with E-state index in [1.165, 1.54) is 7.05 Å². The van der Waals surface area contributed by atoms with Crippen LogP contribution >= 0.6 is 11.6 Å². The lowest BCUT2D eigenvalue weighted by Crippen LogP contribution is -2.21. The van der Waals surface area contributed by atoms with Gasteiger partial charge in [0, 0.05) is 25.2 Å². The fraction of sp³-hybridized carbons (Fsp3) is 0.190. The number of ether oxygens (including phenoxy) is 2. The first-order valence-corrected chi connectivity index (χ1v) is 9.18. The van der Waals surface area contributed by atoms with Crippen molar-refractivity contribution in [3.05, 3.63) is 77.7 Å². The van der Waals surface area contributed by atoms with E-state index in [1.807, 2.05) is 54.6 Å². The van der Waals surface area contributed by atoms with Crippen LogP contribution in [0.5, 0.6) is 5.75 Å². The van der Waals surface area contributed by atoms with Crippen molar-refractivity contribution in [1.29, 1.82) is 0 Å². The van der Waals surface area contributed by atoms with Crippen LogP contribution < -0.4 is 10.1 Å². The van der Waals surface area contributed by atoms with Gasteiger partial charge in [0.25, 0.3) is 0 Å². The number of aromatic nitrogens is 2. The van der Waals surface area contributed by atoms with Gasteiger partial charge in [-0.2, -0.15) is 0 Å². The molecule has 3 aromatic rings. The number of hydrogen-bond donors (Lipinski definition) is 1. The average molecular weight is 398 g/mol. The van der Waals surface area contributed by atoms with Crippen LogP contribution in [0.25, 0.3) is 11.3 Å². The number of carbonyl (C=O) groups excluding carboxylic acids is 1. The Kier molecular flexibility index (Phi) is 6.81. The minimum atomic E-state index is -0.463. The van der Waals surface area contributed by atoms with Gasteiger partial charge in [-0.25, -0.2) is 14.8 Å². The Bertz CT molecular complexity index is 922. The summed E-state index contributed by atoms with van der Waals surface area (Å²) in [5.74, 6) is 0.682. The molecule has 0 aliphatic carbocycles. The Balaban J connectivity index is 1.78. The highest BCUT2D eigenvalue weighted by Crippen LogP contribution is 2.28. The van der Waals surface area contributed by atoms with Crippen molar-refractivity contribution in [2.75, 3.05) is 13.7 Å². The molecule has 1 unspecified atom stereocenters. The molecule has 1 atom stereocenters. The molecule has 28 heavy (non-hydrogen) atoms. The second-order valence-electron chi connectivity index (χ2n) is 5.93. The van der Waals surface area contributed by atoms with E-state index in [1.54, 1.807) is 12.3 Å². The first kappa shape index (κ1) is 19.6. The number of nitrogens with one attached hydrogen (secondary N) is 1. The maximum absolute atomic E-state index is 11.3. The van der Waals surface area contributed by atoms with Crippen molar-refractivity contribution in [2.24, 2.45) is 0 Å². The van der Waals surface area contributed by atoms with Crippen LogP contribution in [-0.2, 0) is 4.74 Å². The zero-order chi connectivity index (χ0) is 19.8. The monoisotopic (exact) mass is 397 g/mol. The van der Waals surface area contributed by atoms with Crippen LogP contribution in [0.2, 0.25) is 5.28 Å². The van der Waals surface area contributed by atoms with Crippen molar-refractivity contribution in [3.8, 4) is 17.0 Å². The summed E-state index contributed by atoms with van der Waals surface area (Å²) in [6.45, 7) is 0.237. The number of amides is 1. The highest BCUT2D eigenvalue weighted by Gasteiger charge is 2.15. The third-order valence-electron chi connectivity index (χ3n) is 4.02. The molecule has 0 aliphatic rings. The topological polar surface area (TPSA) is 73.3 Å². The number of hydrogen-bond acceptors (Lipinski definition) is 5. The molecule has 3 rings (SSSR count). The van der Waals surface area contributed by atoms with Crippen molar-refractivity contribution in [2.45, 2.75) is 12.5 Å². The predicted molar refractivity (Wildman–Crippen MR) is 107 cm³/mol. The largest absolute Gasteiger partial charge is 0.486 e. The summed E-state index contributed by atoms with van der Waals surface area (Å²) in [7, 11) is 1.53. The molecular formula is C21H20ClN3O3. The molecule has 0 bridgehead atoms. The van der Waals surface area contributed by atoms with Crippen LogP contribution in [0.15, 0.2) is 66.9 Å².